The van der Waals surface area contributed by atoms with Crippen molar-refractivity contribution in [3.8, 4) is 5.75 Å². The molecule has 1 aliphatic heterocycles. The number of phenols is 1. The number of thiophene rings is 1. The fourth-order valence-corrected chi connectivity index (χ4v) is 3.39. The van der Waals surface area contributed by atoms with Crippen molar-refractivity contribution in [2.45, 2.75) is 19.5 Å². The molecule has 0 unspecified atom stereocenters. The highest BCUT2D eigenvalue weighted by Gasteiger charge is 2.20. The average molecular weight is 302 g/mol. The van der Waals surface area contributed by atoms with Crippen molar-refractivity contribution < 1.29 is 9.90 Å². The fourth-order valence-electron chi connectivity index (χ4n) is 2.50. The molecule has 1 aromatic heterocycles. The third-order valence-electron chi connectivity index (χ3n) is 3.70. The quantitative estimate of drug-likeness (QED) is 0.909. The molecule has 0 aliphatic carbocycles. The minimum Gasteiger partial charge on any atom is -0.508 e. The lowest BCUT2D eigenvalue weighted by molar-refractivity contribution is -0.131. The number of aromatic hydroxyl groups is 1. The molecule has 4 nitrogen and oxygen atoms in total. The Hall–Kier alpha value is -1.85. The summed E-state index contributed by atoms with van der Waals surface area (Å²) in [4.78, 5) is 15.5. The number of hydrogen-bond donors (Lipinski definition) is 2. The molecule has 3 rings (SSSR count). The van der Waals surface area contributed by atoms with Crippen molar-refractivity contribution in [3.05, 3.63) is 51.7 Å². The SMILES string of the molecule is O=C(CNCc1ccc(O)cc1)N1CCc2sccc2C1. The van der Waals surface area contributed by atoms with E-state index in [-0.39, 0.29) is 11.7 Å². The Bertz CT molecular complexity index is 621. The summed E-state index contributed by atoms with van der Waals surface area (Å²) in [6.07, 6.45) is 0.969. The summed E-state index contributed by atoms with van der Waals surface area (Å²) in [5.41, 5.74) is 2.34. The molecule has 1 amide bonds. The molecule has 0 saturated heterocycles. The number of carbonyl (C=O) groups excluding carboxylic acids is 1. The Balaban J connectivity index is 1.48. The molecular formula is C16H18N2O2S. The second-order valence-corrected chi connectivity index (χ2v) is 6.20. The van der Waals surface area contributed by atoms with E-state index < -0.39 is 0 Å². The number of hydrogen-bond acceptors (Lipinski definition) is 4. The van der Waals surface area contributed by atoms with Crippen molar-refractivity contribution in [2.24, 2.45) is 0 Å². The van der Waals surface area contributed by atoms with Crippen molar-refractivity contribution in [1.82, 2.24) is 10.2 Å². The van der Waals surface area contributed by atoms with Crippen LogP contribution in [0.15, 0.2) is 35.7 Å². The van der Waals surface area contributed by atoms with Gasteiger partial charge in [0.15, 0.2) is 0 Å². The third-order valence-corrected chi connectivity index (χ3v) is 4.73. The van der Waals surface area contributed by atoms with Gasteiger partial charge in [-0.3, -0.25) is 4.79 Å². The maximum Gasteiger partial charge on any atom is 0.236 e. The minimum absolute atomic E-state index is 0.144. The average Bonchev–Trinajstić information content (AvgIpc) is 2.96. The van der Waals surface area contributed by atoms with Crippen LogP contribution >= 0.6 is 11.3 Å². The van der Waals surface area contributed by atoms with Crippen LogP contribution in [0, 0.1) is 0 Å². The largest absolute Gasteiger partial charge is 0.508 e. The second kappa shape index (κ2) is 6.28. The van der Waals surface area contributed by atoms with Crippen LogP contribution in [0.4, 0.5) is 0 Å². The smallest absolute Gasteiger partial charge is 0.236 e. The van der Waals surface area contributed by atoms with Gasteiger partial charge in [0, 0.05) is 24.5 Å². The molecule has 2 heterocycles. The van der Waals surface area contributed by atoms with Gasteiger partial charge < -0.3 is 15.3 Å². The van der Waals surface area contributed by atoms with Gasteiger partial charge in [0.1, 0.15) is 5.75 Å². The number of nitrogens with one attached hydrogen (secondary N) is 1. The third kappa shape index (κ3) is 3.43. The molecule has 2 aromatic rings. The maximum absolute atomic E-state index is 12.2. The highest BCUT2D eigenvalue weighted by Crippen LogP contribution is 2.23. The zero-order chi connectivity index (χ0) is 14.7. The number of nitrogens with zero attached hydrogens (tertiary/aromatic N) is 1. The van der Waals surface area contributed by atoms with Crippen molar-refractivity contribution in [3.63, 3.8) is 0 Å². The molecule has 0 atom stereocenters. The van der Waals surface area contributed by atoms with Gasteiger partial charge >= 0.3 is 0 Å². The molecule has 0 fully saturated rings. The molecule has 2 N–H and O–H groups in total. The van der Waals surface area contributed by atoms with Gasteiger partial charge in [0.25, 0.3) is 0 Å². The van der Waals surface area contributed by atoms with Gasteiger partial charge in [0.2, 0.25) is 5.91 Å². The van der Waals surface area contributed by atoms with E-state index in [0.29, 0.717) is 13.1 Å². The first-order chi connectivity index (χ1) is 10.2. The number of amides is 1. The number of fused-ring (bicyclic) bond motifs is 1. The summed E-state index contributed by atoms with van der Waals surface area (Å²) >= 11 is 1.78. The zero-order valence-electron chi connectivity index (χ0n) is 11.7. The summed E-state index contributed by atoms with van der Waals surface area (Å²) in [6.45, 7) is 2.52. The normalized spacial score (nSPS) is 14.0. The first kappa shape index (κ1) is 14.1. The van der Waals surface area contributed by atoms with Crippen LogP contribution in [0.25, 0.3) is 0 Å². The molecule has 0 bridgehead atoms. The van der Waals surface area contributed by atoms with E-state index in [4.69, 9.17) is 0 Å². The highest BCUT2D eigenvalue weighted by molar-refractivity contribution is 7.10. The van der Waals surface area contributed by atoms with E-state index in [2.05, 4.69) is 16.8 Å². The van der Waals surface area contributed by atoms with Crippen LogP contribution in [0.3, 0.4) is 0 Å². The van der Waals surface area contributed by atoms with Gasteiger partial charge in [-0.15, -0.1) is 11.3 Å². The van der Waals surface area contributed by atoms with E-state index >= 15 is 0 Å². The maximum atomic E-state index is 12.2. The van der Waals surface area contributed by atoms with Crippen molar-refractivity contribution in [2.75, 3.05) is 13.1 Å². The van der Waals surface area contributed by atoms with Crippen LogP contribution in [0.2, 0.25) is 0 Å². The first-order valence-corrected chi connectivity index (χ1v) is 7.92. The molecule has 21 heavy (non-hydrogen) atoms. The summed E-state index contributed by atoms with van der Waals surface area (Å²) in [7, 11) is 0. The Morgan fingerprint density at radius 3 is 2.90 bits per heavy atom. The molecule has 1 aliphatic rings. The predicted molar refractivity (Wildman–Crippen MR) is 83.3 cm³/mol. The minimum atomic E-state index is 0.144. The van der Waals surface area contributed by atoms with E-state index in [1.54, 1.807) is 23.5 Å². The molecule has 1 aromatic carbocycles. The topological polar surface area (TPSA) is 52.6 Å². The van der Waals surface area contributed by atoms with Gasteiger partial charge in [-0.1, -0.05) is 12.1 Å². The van der Waals surface area contributed by atoms with Crippen LogP contribution in [0.5, 0.6) is 5.75 Å². The Morgan fingerprint density at radius 2 is 2.10 bits per heavy atom. The molecule has 0 spiro atoms. The number of phenolic OH excluding ortho intramolecular Hbond substituents is 1. The molecule has 110 valence electrons. The van der Waals surface area contributed by atoms with Gasteiger partial charge in [-0.2, -0.15) is 0 Å². The van der Waals surface area contributed by atoms with Crippen molar-refractivity contribution in [1.29, 1.82) is 0 Å². The fraction of sp³-hybridized carbons (Fsp3) is 0.312. The zero-order valence-corrected chi connectivity index (χ0v) is 12.5. The van der Waals surface area contributed by atoms with Crippen LogP contribution < -0.4 is 5.32 Å². The first-order valence-electron chi connectivity index (χ1n) is 7.04. The van der Waals surface area contributed by atoms with Gasteiger partial charge in [-0.25, -0.2) is 0 Å². The summed E-state index contributed by atoms with van der Waals surface area (Å²) in [6, 6.07) is 9.13. The lowest BCUT2D eigenvalue weighted by Crippen LogP contribution is -2.40. The summed E-state index contributed by atoms with van der Waals surface area (Å²) < 4.78 is 0. The van der Waals surface area contributed by atoms with E-state index in [0.717, 1.165) is 25.1 Å². The molecule has 0 saturated carbocycles. The Morgan fingerprint density at radius 1 is 1.29 bits per heavy atom. The second-order valence-electron chi connectivity index (χ2n) is 5.20. The van der Waals surface area contributed by atoms with Crippen molar-refractivity contribution >= 4 is 17.2 Å². The lowest BCUT2D eigenvalue weighted by atomic mass is 10.1. The standard InChI is InChI=1S/C16H18N2O2S/c19-14-3-1-12(2-4-14)9-17-10-16(20)18-7-5-15-13(11-18)6-8-21-15/h1-4,6,8,17,19H,5,7,9-11H2. The van der Waals surface area contributed by atoms with Crippen LogP contribution in [-0.2, 0) is 24.3 Å². The highest BCUT2D eigenvalue weighted by atomic mass is 32.1. The number of benzene rings is 1. The molecular weight excluding hydrogens is 284 g/mol. The predicted octanol–water partition coefficient (Wildman–Crippen LogP) is 2.13. The molecule has 0 radical (unpaired) electrons. The van der Waals surface area contributed by atoms with Crippen LogP contribution in [-0.4, -0.2) is 29.0 Å². The van der Waals surface area contributed by atoms with Gasteiger partial charge in [-0.05, 0) is 41.1 Å². The number of rotatable bonds is 4. The van der Waals surface area contributed by atoms with E-state index in [1.165, 1.54) is 10.4 Å². The Labute approximate surface area is 128 Å². The van der Waals surface area contributed by atoms with E-state index in [9.17, 15) is 9.90 Å². The summed E-state index contributed by atoms with van der Waals surface area (Å²) in [5.74, 6) is 0.403. The summed E-state index contributed by atoms with van der Waals surface area (Å²) in [5, 5.41) is 14.5. The monoisotopic (exact) mass is 302 g/mol. The van der Waals surface area contributed by atoms with Gasteiger partial charge in [0.05, 0.1) is 6.54 Å². The lowest BCUT2D eigenvalue weighted by Gasteiger charge is -2.27. The molecule has 5 heteroatoms. The van der Waals surface area contributed by atoms with E-state index in [1.807, 2.05) is 17.0 Å². The Kier molecular flexibility index (Phi) is 4.22. The van der Waals surface area contributed by atoms with Crippen LogP contribution in [0.1, 0.15) is 16.0 Å². The number of carbonyl (C=O) groups is 1.